The van der Waals surface area contributed by atoms with Crippen LogP contribution in [0.25, 0.3) is 0 Å². The minimum atomic E-state index is 0.0421. The zero-order valence-electron chi connectivity index (χ0n) is 9.07. The number of nitrogens with one attached hydrogen (secondary N) is 1. The van der Waals surface area contributed by atoms with Crippen molar-refractivity contribution >= 4 is 24.2 Å². The summed E-state index contributed by atoms with van der Waals surface area (Å²) in [5, 5.41) is 2.86. The summed E-state index contributed by atoms with van der Waals surface area (Å²) in [5.74, 6) is 0.884. The molecule has 0 aromatic heterocycles. The summed E-state index contributed by atoms with van der Waals surface area (Å²) >= 11 is 4.18. The molecule has 4 heteroatoms. The average molecular weight is 236 g/mol. The van der Waals surface area contributed by atoms with Crippen molar-refractivity contribution in [3.8, 4) is 0 Å². The highest BCUT2D eigenvalue weighted by molar-refractivity contribution is 7.80. The Kier molecular flexibility index (Phi) is 3.51. The lowest BCUT2D eigenvalue weighted by atomic mass is 9.97. The van der Waals surface area contributed by atoms with Gasteiger partial charge in [-0.15, -0.1) is 0 Å². The van der Waals surface area contributed by atoms with E-state index in [-0.39, 0.29) is 11.9 Å². The lowest BCUT2D eigenvalue weighted by molar-refractivity contribution is -0.116. The normalized spacial score (nSPS) is 16.5. The zero-order valence-corrected chi connectivity index (χ0v) is 9.97. The maximum Gasteiger partial charge on any atom is 0.224 e. The molecule has 1 aromatic carbocycles. The van der Waals surface area contributed by atoms with Crippen LogP contribution in [-0.4, -0.2) is 11.7 Å². The van der Waals surface area contributed by atoms with Crippen LogP contribution in [0.3, 0.4) is 0 Å². The smallest absolute Gasteiger partial charge is 0.224 e. The van der Waals surface area contributed by atoms with Gasteiger partial charge >= 0.3 is 0 Å². The van der Waals surface area contributed by atoms with Crippen molar-refractivity contribution in [3.63, 3.8) is 0 Å². The van der Waals surface area contributed by atoms with Crippen molar-refractivity contribution in [1.82, 2.24) is 0 Å². The number of thiol groups is 1. The van der Waals surface area contributed by atoms with Crippen molar-refractivity contribution < 1.29 is 4.79 Å². The Hall–Kier alpha value is -1.00. The molecule has 1 unspecified atom stereocenters. The number of hydrogen-bond acceptors (Lipinski definition) is 3. The molecule has 0 bridgehead atoms. The number of carbonyl (C=O) groups excluding carboxylic acids is 1. The first kappa shape index (κ1) is 11.5. The van der Waals surface area contributed by atoms with E-state index in [0.29, 0.717) is 6.42 Å². The summed E-state index contributed by atoms with van der Waals surface area (Å²) in [6.45, 7) is 0. The van der Waals surface area contributed by atoms with E-state index in [1.165, 1.54) is 5.56 Å². The van der Waals surface area contributed by atoms with E-state index in [0.717, 1.165) is 29.8 Å². The Labute approximate surface area is 101 Å². The molecule has 1 aliphatic heterocycles. The summed E-state index contributed by atoms with van der Waals surface area (Å²) < 4.78 is 0. The van der Waals surface area contributed by atoms with Gasteiger partial charge in [0.15, 0.2) is 0 Å². The number of nitrogens with two attached hydrogens (primary N) is 1. The highest BCUT2D eigenvalue weighted by Gasteiger charge is 2.16. The molecule has 3 N–H and O–H groups in total. The van der Waals surface area contributed by atoms with Crippen LogP contribution in [0.4, 0.5) is 5.69 Å². The highest BCUT2D eigenvalue weighted by atomic mass is 32.1. The number of rotatable bonds is 3. The Morgan fingerprint density at radius 1 is 1.44 bits per heavy atom. The van der Waals surface area contributed by atoms with E-state index in [1.54, 1.807) is 0 Å². The number of fused-ring (bicyclic) bond motifs is 1. The SMILES string of the molecule is NC(CCS)c1ccc2c(c1)CCC(=O)N2. The second-order valence-electron chi connectivity index (χ2n) is 4.08. The predicted octanol–water partition coefficient (Wildman–Crippen LogP) is 1.89. The fourth-order valence-electron chi connectivity index (χ4n) is 1.94. The number of amides is 1. The molecule has 0 radical (unpaired) electrons. The van der Waals surface area contributed by atoms with Crippen molar-refractivity contribution in [1.29, 1.82) is 0 Å². The Morgan fingerprint density at radius 2 is 2.25 bits per heavy atom. The van der Waals surface area contributed by atoms with E-state index >= 15 is 0 Å². The van der Waals surface area contributed by atoms with Crippen LogP contribution >= 0.6 is 12.6 Å². The maximum absolute atomic E-state index is 11.2. The fraction of sp³-hybridized carbons (Fsp3) is 0.417. The Morgan fingerprint density at radius 3 is 3.00 bits per heavy atom. The van der Waals surface area contributed by atoms with Crippen LogP contribution in [0.1, 0.15) is 30.0 Å². The van der Waals surface area contributed by atoms with E-state index in [1.807, 2.05) is 12.1 Å². The van der Waals surface area contributed by atoms with Crippen molar-refractivity contribution in [2.45, 2.75) is 25.3 Å². The molecule has 1 aliphatic rings. The molecule has 2 rings (SSSR count). The number of carbonyl (C=O) groups is 1. The molecule has 0 aliphatic carbocycles. The first-order chi connectivity index (χ1) is 7.70. The quantitative estimate of drug-likeness (QED) is 0.702. The van der Waals surface area contributed by atoms with Gasteiger partial charge in [-0.05, 0) is 35.8 Å². The number of aryl methyl sites for hydroxylation is 1. The highest BCUT2D eigenvalue weighted by Crippen LogP contribution is 2.26. The molecule has 1 heterocycles. The summed E-state index contributed by atoms with van der Waals surface area (Å²) in [6, 6.07) is 6.07. The van der Waals surface area contributed by atoms with Crippen LogP contribution < -0.4 is 11.1 Å². The minimum Gasteiger partial charge on any atom is -0.326 e. The van der Waals surface area contributed by atoms with Gasteiger partial charge in [-0.3, -0.25) is 4.79 Å². The van der Waals surface area contributed by atoms with Gasteiger partial charge in [0, 0.05) is 18.2 Å². The van der Waals surface area contributed by atoms with Crippen LogP contribution in [0, 0.1) is 0 Å². The van der Waals surface area contributed by atoms with Gasteiger partial charge in [-0.25, -0.2) is 0 Å². The zero-order chi connectivity index (χ0) is 11.5. The summed E-state index contributed by atoms with van der Waals surface area (Å²) in [7, 11) is 0. The molecule has 0 spiro atoms. The van der Waals surface area contributed by atoms with Crippen LogP contribution in [0.5, 0.6) is 0 Å². The lowest BCUT2D eigenvalue weighted by Crippen LogP contribution is -2.20. The monoisotopic (exact) mass is 236 g/mol. The van der Waals surface area contributed by atoms with Crippen molar-refractivity contribution in [2.75, 3.05) is 11.1 Å². The van der Waals surface area contributed by atoms with Crippen LogP contribution in [0.15, 0.2) is 18.2 Å². The van der Waals surface area contributed by atoms with E-state index < -0.39 is 0 Å². The topological polar surface area (TPSA) is 55.1 Å². The largest absolute Gasteiger partial charge is 0.326 e. The first-order valence-corrected chi connectivity index (χ1v) is 6.13. The molecule has 16 heavy (non-hydrogen) atoms. The third-order valence-corrected chi connectivity index (χ3v) is 3.15. The molecule has 1 aromatic rings. The molecule has 86 valence electrons. The van der Waals surface area contributed by atoms with Gasteiger partial charge < -0.3 is 11.1 Å². The minimum absolute atomic E-state index is 0.0421. The van der Waals surface area contributed by atoms with Crippen LogP contribution in [0.2, 0.25) is 0 Å². The second-order valence-corrected chi connectivity index (χ2v) is 4.53. The number of benzene rings is 1. The predicted molar refractivity (Wildman–Crippen MR) is 68.8 cm³/mol. The van der Waals surface area contributed by atoms with Gasteiger partial charge in [0.2, 0.25) is 5.91 Å². The first-order valence-electron chi connectivity index (χ1n) is 5.50. The standard InChI is InChI=1S/C12H16N2OS/c13-10(5-6-16)8-1-3-11-9(7-8)2-4-12(15)14-11/h1,3,7,10,16H,2,4-6,13H2,(H,14,15). The lowest BCUT2D eigenvalue weighted by Gasteiger charge is -2.19. The number of hydrogen-bond donors (Lipinski definition) is 3. The van der Waals surface area contributed by atoms with Gasteiger partial charge in [-0.1, -0.05) is 12.1 Å². The summed E-state index contributed by atoms with van der Waals surface area (Å²) in [6.07, 6.45) is 2.25. The van der Waals surface area contributed by atoms with E-state index in [4.69, 9.17) is 5.73 Å². The van der Waals surface area contributed by atoms with E-state index in [9.17, 15) is 4.79 Å². The Bertz CT molecular complexity index is 406. The third-order valence-electron chi connectivity index (χ3n) is 2.89. The number of anilines is 1. The molecular weight excluding hydrogens is 220 g/mol. The van der Waals surface area contributed by atoms with Crippen molar-refractivity contribution in [2.24, 2.45) is 5.73 Å². The fourth-order valence-corrected chi connectivity index (χ4v) is 2.22. The second kappa shape index (κ2) is 4.89. The summed E-state index contributed by atoms with van der Waals surface area (Å²) in [5.41, 5.74) is 9.27. The average Bonchev–Trinajstić information content (AvgIpc) is 2.28. The molecule has 1 atom stereocenters. The molecule has 0 saturated heterocycles. The molecule has 0 fully saturated rings. The molecule has 3 nitrogen and oxygen atoms in total. The molecule has 0 saturated carbocycles. The third kappa shape index (κ3) is 2.39. The van der Waals surface area contributed by atoms with Crippen molar-refractivity contribution in [3.05, 3.63) is 29.3 Å². The van der Waals surface area contributed by atoms with Crippen LogP contribution in [-0.2, 0) is 11.2 Å². The maximum atomic E-state index is 11.2. The summed E-state index contributed by atoms with van der Waals surface area (Å²) in [4.78, 5) is 11.2. The Balaban J connectivity index is 2.22. The van der Waals surface area contributed by atoms with Gasteiger partial charge in [0.05, 0.1) is 0 Å². The molecule has 1 amide bonds. The van der Waals surface area contributed by atoms with Gasteiger partial charge in [0.1, 0.15) is 0 Å². The van der Waals surface area contributed by atoms with Gasteiger partial charge in [-0.2, -0.15) is 12.6 Å². The van der Waals surface area contributed by atoms with E-state index in [2.05, 4.69) is 24.0 Å². The molecular formula is C12H16N2OS. The van der Waals surface area contributed by atoms with Gasteiger partial charge in [0.25, 0.3) is 0 Å².